The molecule has 3 aromatic carbocycles. The molecule has 0 spiro atoms. The zero-order valence-corrected chi connectivity index (χ0v) is 19.7. The van der Waals surface area contributed by atoms with E-state index in [1.807, 2.05) is 24.3 Å². The summed E-state index contributed by atoms with van der Waals surface area (Å²) in [5, 5.41) is 3.98. The van der Waals surface area contributed by atoms with Crippen LogP contribution >= 0.6 is 39.0 Å². The van der Waals surface area contributed by atoms with Gasteiger partial charge < -0.3 is 4.74 Å². The number of para-hydroxylation sites is 1. The van der Waals surface area contributed by atoms with E-state index in [1.165, 1.54) is 18.0 Å². The van der Waals surface area contributed by atoms with Crippen molar-refractivity contribution in [2.45, 2.75) is 4.34 Å². The number of ether oxygens (including phenoxy) is 1. The van der Waals surface area contributed by atoms with Crippen LogP contribution in [0.4, 0.5) is 0 Å². The lowest BCUT2D eigenvalue weighted by molar-refractivity contribution is -0.118. The summed E-state index contributed by atoms with van der Waals surface area (Å²) in [5.74, 6) is -0.00374. The van der Waals surface area contributed by atoms with E-state index in [2.05, 4.69) is 31.4 Å². The van der Waals surface area contributed by atoms with E-state index in [0.29, 0.717) is 11.3 Å². The van der Waals surface area contributed by atoms with E-state index in [0.717, 1.165) is 24.6 Å². The summed E-state index contributed by atoms with van der Waals surface area (Å²) in [5.41, 5.74) is 4.66. The van der Waals surface area contributed by atoms with Crippen LogP contribution in [0.25, 0.3) is 10.2 Å². The van der Waals surface area contributed by atoms with Gasteiger partial charge in [-0.05, 0) is 66.2 Å². The Balaban J connectivity index is 1.24. The third-order valence-corrected chi connectivity index (χ3v) is 6.88. The molecule has 0 aliphatic heterocycles. The number of hydrogen-bond donors (Lipinski definition) is 1. The van der Waals surface area contributed by atoms with Crippen molar-refractivity contribution >= 4 is 67.3 Å². The Morgan fingerprint density at radius 1 is 1.06 bits per heavy atom. The largest absolute Gasteiger partial charge is 0.423 e. The van der Waals surface area contributed by atoms with E-state index in [9.17, 15) is 9.59 Å². The van der Waals surface area contributed by atoms with Gasteiger partial charge >= 0.3 is 5.97 Å². The molecular weight excluding hydrogens is 510 g/mol. The highest BCUT2D eigenvalue weighted by atomic mass is 79.9. The van der Waals surface area contributed by atoms with Crippen LogP contribution < -0.4 is 10.2 Å². The number of thioether (sulfide) groups is 1. The molecule has 0 aliphatic rings. The van der Waals surface area contributed by atoms with E-state index < -0.39 is 5.97 Å². The highest BCUT2D eigenvalue weighted by Crippen LogP contribution is 2.29. The number of rotatable bonds is 7. The van der Waals surface area contributed by atoms with Crippen molar-refractivity contribution in [2.24, 2.45) is 5.10 Å². The number of hydrogen-bond acceptors (Lipinski definition) is 7. The molecule has 1 aromatic heterocycles. The zero-order chi connectivity index (χ0) is 22.3. The standard InChI is InChI=1S/C23H16BrN3O3S2/c24-17-9-7-16(8-10-17)22(29)30-18-11-5-15(6-12-18)13-25-27-21(28)14-31-23-26-19-3-1-2-4-20(19)32-23/h1-13H,14H2,(H,27,28)/b25-13-. The number of benzene rings is 3. The molecule has 1 amide bonds. The van der Waals surface area contributed by atoms with Crippen LogP contribution in [0.15, 0.2) is 86.7 Å². The minimum Gasteiger partial charge on any atom is -0.423 e. The summed E-state index contributed by atoms with van der Waals surface area (Å²) in [6, 6.07) is 21.6. The molecule has 0 saturated heterocycles. The van der Waals surface area contributed by atoms with Crippen molar-refractivity contribution in [1.29, 1.82) is 0 Å². The maximum atomic E-state index is 12.2. The van der Waals surface area contributed by atoms with Crippen molar-refractivity contribution in [3.8, 4) is 5.75 Å². The summed E-state index contributed by atoms with van der Waals surface area (Å²) >= 11 is 6.27. The molecule has 1 heterocycles. The number of nitrogens with one attached hydrogen (secondary N) is 1. The molecule has 0 aliphatic carbocycles. The molecule has 0 fully saturated rings. The van der Waals surface area contributed by atoms with Gasteiger partial charge in [0.25, 0.3) is 5.91 Å². The molecule has 0 radical (unpaired) electrons. The second kappa shape index (κ2) is 10.5. The van der Waals surface area contributed by atoms with E-state index in [4.69, 9.17) is 4.74 Å². The number of nitrogens with zero attached hydrogens (tertiary/aromatic N) is 2. The second-order valence-corrected chi connectivity index (χ2v) is 9.66. The Labute approximate surface area is 200 Å². The van der Waals surface area contributed by atoms with Gasteiger partial charge in [0.15, 0.2) is 4.34 Å². The number of aromatic nitrogens is 1. The van der Waals surface area contributed by atoms with Gasteiger partial charge in [-0.2, -0.15) is 5.10 Å². The highest BCUT2D eigenvalue weighted by Gasteiger charge is 2.09. The monoisotopic (exact) mass is 525 g/mol. The minimum absolute atomic E-state index is 0.217. The average Bonchev–Trinajstić information content (AvgIpc) is 3.22. The summed E-state index contributed by atoms with van der Waals surface area (Å²) in [4.78, 5) is 28.7. The molecule has 160 valence electrons. The quantitative estimate of drug-likeness (QED) is 0.113. The first kappa shape index (κ1) is 22.2. The predicted octanol–water partition coefficient (Wildman–Crippen LogP) is 5.52. The smallest absolute Gasteiger partial charge is 0.343 e. The number of thiazole rings is 1. The maximum Gasteiger partial charge on any atom is 0.343 e. The first-order valence-corrected chi connectivity index (χ1v) is 12.0. The molecule has 9 heteroatoms. The van der Waals surface area contributed by atoms with Crippen molar-refractivity contribution in [3.63, 3.8) is 0 Å². The lowest BCUT2D eigenvalue weighted by atomic mass is 10.2. The van der Waals surface area contributed by atoms with Crippen LogP contribution in [0.1, 0.15) is 15.9 Å². The number of esters is 1. The summed E-state index contributed by atoms with van der Waals surface area (Å²) in [6.45, 7) is 0. The van der Waals surface area contributed by atoms with Gasteiger partial charge in [-0.3, -0.25) is 4.79 Å². The van der Waals surface area contributed by atoms with Crippen LogP contribution in [0.5, 0.6) is 5.75 Å². The van der Waals surface area contributed by atoms with Gasteiger partial charge in [-0.1, -0.05) is 39.8 Å². The number of amides is 1. The molecule has 0 saturated carbocycles. The lowest BCUT2D eigenvalue weighted by Gasteiger charge is -2.04. The van der Waals surface area contributed by atoms with Crippen molar-refractivity contribution < 1.29 is 14.3 Å². The summed E-state index contributed by atoms with van der Waals surface area (Å²) in [6.07, 6.45) is 1.53. The van der Waals surface area contributed by atoms with Crippen molar-refractivity contribution in [2.75, 3.05) is 5.75 Å². The normalized spacial score (nSPS) is 11.0. The number of fused-ring (bicyclic) bond motifs is 1. The summed E-state index contributed by atoms with van der Waals surface area (Å²) in [7, 11) is 0. The van der Waals surface area contributed by atoms with Crippen molar-refractivity contribution in [1.82, 2.24) is 10.4 Å². The first-order valence-electron chi connectivity index (χ1n) is 9.45. The first-order chi connectivity index (χ1) is 15.6. The fourth-order valence-corrected chi connectivity index (χ4v) is 4.75. The molecule has 0 atom stereocenters. The maximum absolute atomic E-state index is 12.2. The third-order valence-electron chi connectivity index (χ3n) is 4.17. The van der Waals surface area contributed by atoms with E-state index >= 15 is 0 Å². The Bertz CT molecular complexity index is 1240. The minimum atomic E-state index is -0.434. The molecule has 0 bridgehead atoms. The summed E-state index contributed by atoms with van der Waals surface area (Å²) < 4.78 is 8.19. The molecule has 1 N–H and O–H groups in total. The molecule has 0 unspecified atom stereocenters. The van der Waals surface area contributed by atoms with Gasteiger partial charge in [0.1, 0.15) is 5.75 Å². The van der Waals surface area contributed by atoms with Crippen LogP contribution in [0, 0.1) is 0 Å². The molecular formula is C23H16BrN3O3S2. The van der Waals surface area contributed by atoms with Crippen LogP contribution in [0.3, 0.4) is 0 Å². The van der Waals surface area contributed by atoms with Crippen LogP contribution in [-0.4, -0.2) is 28.8 Å². The third kappa shape index (κ3) is 6.03. The molecule has 4 rings (SSSR count). The number of halogens is 1. The van der Waals surface area contributed by atoms with Gasteiger partial charge in [0, 0.05) is 4.47 Å². The highest BCUT2D eigenvalue weighted by molar-refractivity contribution is 9.10. The van der Waals surface area contributed by atoms with Crippen LogP contribution in [-0.2, 0) is 4.79 Å². The Morgan fingerprint density at radius 2 is 1.81 bits per heavy atom. The topological polar surface area (TPSA) is 80.7 Å². The Hall–Kier alpha value is -3.01. The molecule has 6 nitrogen and oxygen atoms in total. The van der Waals surface area contributed by atoms with Gasteiger partial charge in [0.2, 0.25) is 0 Å². The number of hydrazone groups is 1. The van der Waals surface area contributed by atoms with E-state index in [-0.39, 0.29) is 11.7 Å². The van der Waals surface area contributed by atoms with Crippen LogP contribution in [0.2, 0.25) is 0 Å². The van der Waals surface area contributed by atoms with Crippen molar-refractivity contribution in [3.05, 3.63) is 88.4 Å². The lowest BCUT2D eigenvalue weighted by Crippen LogP contribution is -2.19. The molecule has 32 heavy (non-hydrogen) atoms. The predicted molar refractivity (Wildman–Crippen MR) is 132 cm³/mol. The molecule has 4 aromatic rings. The SMILES string of the molecule is O=C(CSc1nc2ccccc2s1)N/N=C\c1ccc(OC(=O)c2ccc(Br)cc2)cc1. The number of carbonyl (C=O) groups excluding carboxylic acids is 2. The van der Waals surface area contributed by atoms with Gasteiger partial charge in [0.05, 0.1) is 27.7 Å². The average molecular weight is 526 g/mol. The number of carbonyl (C=O) groups is 2. The Kier molecular flexibility index (Phi) is 7.31. The fraction of sp³-hybridized carbons (Fsp3) is 0.0435. The van der Waals surface area contributed by atoms with Gasteiger partial charge in [-0.25, -0.2) is 15.2 Å². The zero-order valence-electron chi connectivity index (χ0n) is 16.5. The Morgan fingerprint density at radius 3 is 2.56 bits per heavy atom. The fourth-order valence-electron chi connectivity index (χ4n) is 2.63. The second-order valence-electron chi connectivity index (χ2n) is 6.49. The van der Waals surface area contributed by atoms with E-state index in [1.54, 1.807) is 59.9 Å². The van der Waals surface area contributed by atoms with Gasteiger partial charge in [-0.15, -0.1) is 11.3 Å².